The number of hydrogen-bond donors (Lipinski definition) is 1. The summed E-state index contributed by atoms with van der Waals surface area (Å²) in [4.78, 5) is 0. The van der Waals surface area contributed by atoms with Crippen LogP contribution in [0.2, 0.25) is 0 Å². The summed E-state index contributed by atoms with van der Waals surface area (Å²) >= 11 is 0. The Morgan fingerprint density at radius 3 is 2.67 bits per heavy atom. The fourth-order valence-corrected chi connectivity index (χ4v) is 2.54. The Balaban J connectivity index is 2.33. The molecule has 0 saturated carbocycles. The zero-order valence-electron chi connectivity index (χ0n) is 10.9. The quantitative estimate of drug-likeness (QED) is 0.899. The first kappa shape index (κ1) is 13.5. The van der Waals surface area contributed by atoms with Crippen molar-refractivity contribution in [1.82, 2.24) is 0 Å². The molecule has 0 spiro atoms. The molecule has 1 aromatic rings. The molecule has 1 unspecified atom stereocenters. The third-order valence-corrected chi connectivity index (χ3v) is 3.80. The molecule has 2 rings (SSSR count). The number of methoxy groups -OCH3 is 1. The minimum Gasteiger partial charge on any atom is -0.381 e. The lowest BCUT2D eigenvalue weighted by molar-refractivity contribution is -0.105. The number of aryl methyl sites for hydroxylation is 1. The van der Waals surface area contributed by atoms with Gasteiger partial charge in [-0.05, 0) is 13.0 Å². The lowest BCUT2D eigenvalue weighted by Gasteiger charge is -2.40. The third-order valence-electron chi connectivity index (χ3n) is 3.80. The van der Waals surface area contributed by atoms with Crippen LogP contribution in [0, 0.1) is 12.7 Å². The average molecular weight is 253 g/mol. The van der Waals surface area contributed by atoms with Crippen LogP contribution in [0.25, 0.3) is 0 Å². The Morgan fingerprint density at radius 2 is 2.06 bits per heavy atom. The van der Waals surface area contributed by atoms with Gasteiger partial charge in [-0.25, -0.2) is 4.39 Å². The van der Waals surface area contributed by atoms with E-state index in [1.165, 1.54) is 6.07 Å². The highest BCUT2D eigenvalue weighted by molar-refractivity contribution is 5.29. The molecule has 100 valence electrons. The second kappa shape index (κ2) is 5.34. The summed E-state index contributed by atoms with van der Waals surface area (Å²) in [5, 5.41) is 0. The van der Waals surface area contributed by atoms with Gasteiger partial charge < -0.3 is 15.2 Å². The highest BCUT2D eigenvalue weighted by atomic mass is 19.1. The summed E-state index contributed by atoms with van der Waals surface area (Å²) in [5.74, 6) is -0.268. The molecule has 1 aromatic carbocycles. The highest BCUT2D eigenvalue weighted by Gasteiger charge is 2.40. The SMILES string of the molecule is COC1(C(N)c2cc(C)ccc2F)CCOCC1. The van der Waals surface area contributed by atoms with Crippen molar-refractivity contribution < 1.29 is 13.9 Å². The Labute approximate surface area is 107 Å². The molecule has 1 fully saturated rings. The minimum absolute atomic E-state index is 0.268. The van der Waals surface area contributed by atoms with Crippen LogP contribution in [0.4, 0.5) is 4.39 Å². The van der Waals surface area contributed by atoms with Gasteiger partial charge in [-0.3, -0.25) is 0 Å². The van der Waals surface area contributed by atoms with Gasteiger partial charge in [-0.15, -0.1) is 0 Å². The maximum Gasteiger partial charge on any atom is 0.128 e. The van der Waals surface area contributed by atoms with Gasteiger partial charge in [0.2, 0.25) is 0 Å². The van der Waals surface area contributed by atoms with Crippen molar-refractivity contribution in [2.75, 3.05) is 20.3 Å². The lowest BCUT2D eigenvalue weighted by atomic mass is 9.82. The van der Waals surface area contributed by atoms with E-state index in [1.54, 1.807) is 19.2 Å². The molecule has 1 aliphatic rings. The van der Waals surface area contributed by atoms with E-state index in [0.29, 0.717) is 31.6 Å². The molecule has 1 saturated heterocycles. The standard InChI is InChI=1S/C14H20FNO2/c1-10-3-4-12(15)11(9-10)13(16)14(17-2)5-7-18-8-6-14/h3-4,9,13H,5-8,16H2,1-2H3. The largest absolute Gasteiger partial charge is 0.381 e. The maximum absolute atomic E-state index is 13.9. The Kier molecular flexibility index (Phi) is 4.00. The number of halogens is 1. The van der Waals surface area contributed by atoms with Gasteiger partial charge in [0, 0.05) is 38.7 Å². The molecule has 3 nitrogen and oxygen atoms in total. The van der Waals surface area contributed by atoms with Crippen LogP contribution in [-0.2, 0) is 9.47 Å². The molecule has 4 heteroatoms. The van der Waals surface area contributed by atoms with Crippen LogP contribution in [-0.4, -0.2) is 25.9 Å². The van der Waals surface area contributed by atoms with Crippen molar-refractivity contribution in [2.24, 2.45) is 5.73 Å². The van der Waals surface area contributed by atoms with Crippen LogP contribution in [0.5, 0.6) is 0 Å². The van der Waals surface area contributed by atoms with Crippen LogP contribution in [0.1, 0.15) is 30.0 Å². The Bertz CT molecular complexity index is 416. The van der Waals surface area contributed by atoms with E-state index in [1.807, 2.05) is 6.92 Å². The summed E-state index contributed by atoms with van der Waals surface area (Å²) in [6.07, 6.45) is 1.39. The number of hydrogen-bond acceptors (Lipinski definition) is 3. The molecule has 1 heterocycles. The molecule has 0 radical (unpaired) electrons. The van der Waals surface area contributed by atoms with Crippen molar-refractivity contribution in [3.8, 4) is 0 Å². The normalized spacial score (nSPS) is 20.7. The van der Waals surface area contributed by atoms with Gasteiger partial charge in [-0.1, -0.05) is 17.7 Å². The molecule has 0 bridgehead atoms. The van der Waals surface area contributed by atoms with Gasteiger partial charge in [0.05, 0.1) is 11.6 Å². The first-order valence-corrected chi connectivity index (χ1v) is 6.23. The number of ether oxygens (including phenoxy) is 2. The van der Waals surface area contributed by atoms with E-state index < -0.39 is 11.6 Å². The van der Waals surface area contributed by atoms with E-state index in [9.17, 15) is 4.39 Å². The van der Waals surface area contributed by atoms with E-state index in [0.717, 1.165) is 5.56 Å². The van der Waals surface area contributed by atoms with Crippen molar-refractivity contribution in [2.45, 2.75) is 31.4 Å². The highest BCUT2D eigenvalue weighted by Crippen LogP contribution is 2.36. The predicted octanol–water partition coefficient (Wildman–Crippen LogP) is 2.33. The summed E-state index contributed by atoms with van der Waals surface area (Å²) in [6.45, 7) is 3.14. The first-order chi connectivity index (χ1) is 8.59. The van der Waals surface area contributed by atoms with Gasteiger partial charge in [0.15, 0.2) is 0 Å². The second-order valence-corrected chi connectivity index (χ2v) is 4.88. The molecular weight excluding hydrogens is 233 g/mol. The lowest BCUT2D eigenvalue weighted by Crippen LogP contribution is -2.47. The van der Waals surface area contributed by atoms with E-state index in [-0.39, 0.29) is 5.82 Å². The molecular formula is C14H20FNO2. The van der Waals surface area contributed by atoms with Crippen LogP contribution in [0.3, 0.4) is 0 Å². The Morgan fingerprint density at radius 1 is 1.39 bits per heavy atom. The Hall–Kier alpha value is -0.970. The monoisotopic (exact) mass is 253 g/mol. The molecule has 0 aliphatic carbocycles. The first-order valence-electron chi connectivity index (χ1n) is 6.23. The molecule has 0 aromatic heterocycles. The van der Waals surface area contributed by atoms with Crippen molar-refractivity contribution in [3.05, 3.63) is 35.1 Å². The van der Waals surface area contributed by atoms with Gasteiger partial charge in [0.25, 0.3) is 0 Å². The van der Waals surface area contributed by atoms with Gasteiger partial charge >= 0.3 is 0 Å². The number of benzene rings is 1. The summed E-state index contributed by atoms with van der Waals surface area (Å²) < 4.78 is 24.9. The van der Waals surface area contributed by atoms with Crippen molar-refractivity contribution in [1.29, 1.82) is 0 Å². The summed E-state index contributed by atoms with van der Waals surface area (Å²) in [5.41, 5.74) is 7.27. The topological polar surface area (TPSA) is 44.5 Å². The predicted molar refractivity (Wildman–Crippen MR) is 67.9 cm³/mol. The van der Waals surface area contributed by atoms with Crippen molar-refractivity contribution >= 4 is 0 Å². The number of rotatable bonds is 3. The van der Waals surface area contributed by atoms with Crippen LogP contribution >= 0.6 is 0 Å². The summed E-state index contributed by atoms with van der Waals surface area (Å²) in [7, 11) is 1.64. The zero-order valence-corrected chi connectivity index (χ0v) is 10.9. The molecule has 0 amide bonds. The third kappa shape index (κ3) is 2.41. The van der Waals surface area contributed by atoms with E-state index in [2.05, 4.69) is 0 Å². The van der Waals surface area contributed by atoms with E-state index in [4.69, 9.17) is 15.2 Å². The fourth-order valence-electron chi connectivity index (χ4n) is 2.54. The molecule has 1 aliphatic heterocycles. The van der Waals surface area contributed by atoms with Gasteiger partial charge in [-0.2, -0.15) is 0 Å². The van der Waals surface area contributed by atoms with Gasteiger partial charge in [0.1, 0.15) is 5.82 Å². The fraction of sp³-hybridized carbons (Fsp3) is 0.571. The zero-order chi connectivity index (χ0) is 13.2. The van der Waals surface area contributed by atoms with Crippen LogP contribution < -0.4 is 5.73 Å². The van der Waals surface area contributed by atoms with Crippen LogP contribution in [0.15, 0.2) is 18.2 Å². The number of nitrogens with two attached hydrogens (primary N) is 1. The maximum atomic E-state index is 13.9. The van der Waals surface area contributed by atoms with E-state index >= 15 is 0 Å². The minimum atomic E-state index is -0.521. The molecule has 18 heavy (non-hydrogen) atoms. The summed E-state index contributed by atoms with van der Waals surface area (Å²) in [6, 6.07) is 4.55. The van der Waals surface area contributed by atoms with Crippen molar-refractivity contribution in [3.63, 3.8) is 0 Å². The average Bonchev–Trinajstić information content (AvgIpc) is 2.41. The molecule has 1 atom stereocenters. The second-order valence-electron chi connectivity index (χ2n) is 4.88. The smallest absolute Gasteiger partial charge is 0.128 e. The molecule has 2 N–H and O–H groups in total.